The smallest absolute Gasteiger partial charge is 0.244 e. The van der Waals surface area contributed by atoms with Crippen molar-refractivity contribution in [3.8, 4) is 0 Å². The van der Waals surface area contributed by atoms with Crippen molar-refractivity contribution in [2.24, 2.45) is 5.92 Å². The van der Waals surface area contributed by atoms with Crippen molar-refractivity contribution in [1.29, 1.82) is 0 Å². The lowest BCUT2D eigenvalue weighted by Gasteiger charge is -2.22. The van der Waals surface area contributed by atoms with E-state index in [1.165, 1.54) is 0 Å². The number of nitrogens with zero attached hydrogens (tertiary/aromatic N) is 1. The average Bonchev–Trinajstić information content (AvgIpc) is 3.43. The van der Waals surface area contributed by atoms with E-state index in [0.717, 1.165) is 29.7 Å². The first kappa shape index (κ1) is 19.4. The second kappa shape index (κ2) is 8.57. The molecule has 2 amide bonds. The van der Waals surface area contributed by atoms with Gasteiger partial charge < -0.3 is 10.2 Å². The van der Waals surface area contributed by atoms with Crippen molar-refractivity contribution < 1.29 is 9.59 Å². The van der Waals surface area contributed by atoms with Crippen LogP contribution in [0.2, 0.25) is 5.02 Å². The molecule has 142 valence electrons. The van der Waals surface area contributed by atoms with Gasteiger partial charge in [-0.2, -0.15) is 0 Å². The van der Waals surface area contributed by atoms with Gasteiger partial charge in [-0.1, -0.05) is 54.9 Å². The zero-order valence-corrected chi connectivity index (χ0v) is 16.5. The summed E-state index contributed by atoms with van der Waals surface area (Å²) in [7, 11) is 0. The van der Waals surface area contributed by atoms with Gasteiger partial charge >= 0.3 is 0 Å². The number of anilines is 1. The number of aryl methyl sites for hydroxylation is 1. The van der Waals surface area contributed by atoms with E-state index in [2.05, 4.69) is 5.32 Å². The highest BCUT2D eigenvalue weighted by Crippen LogP contribution is 2.50. The lowest BCUT2D eigenvalue weighted by molar-refractivity contribution is -0.136. The van der Waals surface area contributed by atoms with Crippen molar-refractivity contribution in [1.82, 2.24) is 4.90 Å². The monoisotopic (exact) mass is 384 g/mol. The number of halogens is 1. The molecular formula is C22H25ClN2O2. The van der Waals surface area contributed by atoms with Crippen LogP contribution < -0.4 is 5.32 Å². The van der Waals surface area contributed by atoms with Crippen molar-refractivity contribution in [2.75, 3.05) is 18.4 Å². The van der Waals surface area contributed by atoms with Crippen LogP contribution in [-0.2, 0) is 9.59 Å². The molecule has 1 aliphatic carbocycles. The zero-order chi connectivity index (χ0) is 19.4. The van der Waals surface area contributed by atoms with Gasteiger partial charge in [0.2, 0.25) is 11.8 Å². The Balaban J connectivity index is 1.63. The maximum absolute atomic E-state index is 12.9. The SMILES string of the molecule is CCCN(CC(=O)Nc1ccccc1C)C(=O)C1CC1c1ccccc1Cl. The molecule has 2 atom stereocenters. The lowest BCUT2D eigenvalue weighted by atomic mass is 10.1. The third-order valence-electron chi connectivity index (χ3n) is 4.97. The predicted octanol–water partition coefficient (Wildman–Crippen LogP) is 4.63. The summed E-state index contributed by atoms with van der Waals surface area (Å²) in [6.07, 6.45) is 1.61. The Morgan fingerprint density at radius 2 is 1.85 bits per heavy atom. The van der Waals surface area contributed by atoms with Gasteiger partial charge in [0.25, 0.3) is 0 Å². The third kappa shape index (κ3) is 4.69. The number of carbonyl (C=O) groups excluding carboxylic acids is 2. The number of amides is 2. The molecule has 0 aliphatic heterocycles. The van der Waals surface area contributed by atoms with Crippen LogP contribution in [0.1, 0.15) is 36.8 Å². The maximum atomic E-state index is 12.9. The topological polar surface area (TPSA) is 49.4 Å². The van der Waals surface area contributed by atoms with Crippen molar-refractivity contribution >= 4 is 29.1 Å². The Kier molecular flexibility index (Phi) is 6.17. The molecule has 27 heavy (non-hydrogen) atoms. The van der Waals surface area contributed by atoms with Gasteiger partial charge in [-0.05, 0) is 48.9 Å². The second-order valence-electron chi connectivity index (χ2n) is 7.09. The fraction of sp³-hybridized carbons (Fsp3) is 0.364. The summed E-state index contributed by atoms with van der Waals surface area (Å²) in [4.78, 5) is 27.1. The largest absolute Gasteiger partial charge is 0.333 e. The number of benzene rings is 2. The first-order valence-electron chi connectivity index (χ1n) is 9.40. The fourth-order valence-electron chi connectivity index (χ4n) is 3.44. The summed E-state index contributed by atoms with van der Waals surface area (Å²) in [5, 5.41) is 3.62. The van der Waals surface area contributed by atoms with Crippen LogP contribution in [0.3, 0.4) is 0 Å². The van der Waals surface area contributed by atoms with E-state index in [9.17, 15) is 9.59 Å². The summed E-state index contributed by atoms with van der Waals surface area (Å²) in [5.74, 6) is -0.0459. The molecule has 1 N–H and O–H groups in total. The number of rotatable bonds is 7. The highest BCUT2D eigenvalue weighted by molar-refractivity contribution is 6.31. The normalized spacial score (nSPS) is 18.0. The third-order valence-corrected chi connectivity index (χ3v) is 5.32. The quantitative estimate of drug-likeness (QED) is 0.756. The maximum Gasteiger partial charge on any atom is 0.244 e. The van der Waals surface area contributed by atoms with E-state index >= 15 is 0 Å². The molecule has 0 spiro atoms. The average molecular weight is 385 g/mol. The molecule has 0 saturated heterocycles. The molecule has 2 unspecified atom stereocenters. The molecule has 1 aliphatic rings. The van der Waals surface area contributed by atoms with Gasteiger partial charge in [-0.3, -0.25) is 9.59 Å². The Labute approximate surface area is 165 Å². The van der Waals surface area contributed by atoms with Crippen LogP contribution in [0.4, 0.5) is 5.69 Å². The molecule has 4 nitrogen and oxygen atoms in total. The fourth-order valence-corrected chi connectivity index (χ4v) is 3.71. The number of hydrogen-bond acceptors (Lipinski definition) is 2. The van der Waals surface area contributed by atoms with Crippen molar-refractivity contribution in [3.63, 3.8) is 0 Å². The minimum Gasteiger partial charge on any atom is -0.333 e. The first-order valence-corrected chi connectivity index (χ1v) is 9.77. The molecule has 0 aromatic heterocycles. The Bertz CT molecular complexity index is 837. The zero-order valence-electron chi connectivity index (χ0n) is 15.7. The summed E-state index contributed by atoms with van der Waals surface area (Å²) < 4.78 is 0. The van der Waals surface area contributed by atoms with Gasteiger partial charge in [0.15, 0.2) is 0 Å². The van der Waals surface area contributed by atoms with Crippen LogP contribution in [0.5, 0.6) is 0 Å². The van der Waals surface area contributed by atoms with Crippen LogP contribution >= 0.6 is 11.6 Å². The minimum atomic E-state index is -0.166. The van der Waals surface area contributed by atoms with E-state index in [4.69, 9.17) is 11.6 Å². The predicted molar refractivity (Wildman–Crippen MR) is 109 cm³/mol. The van der Waals surface area contributed by atoms with Gasteiger partial charge in [-0.25, -0.2) is 0 Å². The first-order chi connectivity index (χ1) is 13.0. The molecule has 1 saturated carbocycles. The van der Waals surface area contributed by atoms with Crippen LogP contribution in [0, 0.1) is 12.8 Å². The molecule has 0 bridgehead atoms. The number of carbonyl (C=O) groups is 2. The van der Waals surface area contributed by atoms with Gasteiger partial charge in [0.05, 0.1) is 6.54 Å². The standard InChI is InChI=1S/C22H25ClN2O2/c1-3-12-25(14-21(26)24-20-11-7-4-8-15(20)2)22(27)18-13-17(18)16-9-5-6-10-19(16)23/h4-11,17-18H,3,12-14H2,1-2H3,(H,24,26). The summed E-state index contributed by atoms with van der Waals surface area (Å²) in [5.41, 5.74) is 2.81. The molecule has 5 heteroatoms. The summed E-state index contributed by atoms with van der Waals surface area (Å²) in [6, 6.07) is 15.3. The molecular weight excluding hydrogens is 360 g/mol. The molecule has 2 aromatic carbocycles. The Morgan fingerprint density at radius 3 is 2.56 bits per heavy atom. The molecule has 2 aromatic rings. The number of hydrogen-bond donors (Lipinski definition) is 1. The highest BCUT2D eigenvalue weighted by Gasteiger charge is 2.46. The van der Waals surface area contributed by atoms with E-state index in [1.807, 2.05) is 62.4 Å². The van der Waals surface area contributed by atoms with E-state index in [0.29, 0.717) is 11.6 Å². The van der Waals surface area contributed by atoms with Crippen LogP contribution in [-0.4, -0.2) is 29.8 Å². The number of para-hydroxylation sites is 1. The van der Waals surface area contributed by atoms with Gasteiger partial charge in [0.1, 0.15) is 0 Å². The van der Waals surface area contributed by atoms with E-state index < -0.39 is 0 Å². The van der Waals surface area contributed by atoms with E-state index in [1.54, 1.807) is 4.90 Å². The number of nitrogens with one attached hydrogen (secondary N) is 1. The minimum absolute atomic E-state index is 0.0432. The summed E-state index contributed by atoms with van der Waals surface area (Å²) >= 11 is 6.27. The van der Waals surface area contributed by atoms with E-state index in [-0.39, 0.29) is 30.2 Å². The molecule has 0 radical (unpaired) electrons. The Morgan fingerprint density at radius 1 is 1.15 bits per heavy atom. The van der Waals surface area contributed by atoms with Crippen LogP contribution in [0.25, 0.3) is 0 Å². The van der Waals surface area contributed by atoms with Gasteiger partial charge in [-0.15, -0.1) is 0 Å². The van der Waals surface area contributed by atoms with Gasteiger partial charge in [0, 0.05) is 23.2 Å². The molecule has 3 rings (SSSR count). The summed E-state index contributed by atoms with van der Waals surface area (Å²) in [6.45, 7) is 4.61. The van der Waals surface area contributed by atoms with Crippen LogP contribution in [0.15, 0.2) is 48.5 Å². The van der Waals surface area contributed by atoms with Crippen molar-refractivity contribution in [2.45, 2.75) is 32.6 Å². The second-order valence-corrected chi connectivity index (χ2v) is 7.50. The van der Waals surface area contributed by atoms with Crippen molar-refractivity contribution in [3.05, 3.63) is 64.7 Å². The molecule has 0 heterocycles. The molecule has 1 fully saturated rings. The Hall–Kier alpha value is -2.33. The lowest BCUT2D eigenvalue weighted by Crippen LogP contribution is -2.39. The highest BCUT2D eigenvalue weighted by atomic mass is 35.5.